The van der Waals surface area contributed by atoms with E-state index >= 15 is 0 Å². The minimum Gasteiger partial charge on any atom is -0.505 e. The van der Waals surface area contributed by atoms with Crippen LogP contribution in [0.25, 0.3) is 0 Å². The van der Waals surface area contributed by atoms with Crippen molar-refractivity contribution in [1.82, 2.24) is 0 Å². The third kappa shape index (κ3) is 3.63. The highest BCUT2D eigenvalue weighted by Crippen LogP contribution is 2.20. The van der Waals surface area contributed by atoms with Gasteiger partial charge >= 0.3 is 12.1 Å². The summed E-state index contributed by atoms with van der Waals surface area (Å²) in [6, 6.07) is 0. The van der Waals surface area contributed by atoms with Crippen molar-refractivity contribution in [2.75, 3.05) is 6.61 Å². The fraction of sp³-hybridized carbons (Fsp3) is 0.429. The highest BCUT2D eigenvalue weighted by atomic mass is 16.6. The van der Waals surface area contributed by atoms with E-state index < -0.39 is 42.5 Å². The predicted octanol–water partition coefficient (Wildman–Crippen LogP) is -1.18. The molecule has 0 radical (unpaired) electrons. The van der Waals surface area contributed by atoms with Gasteiger partial charge in [0.25, 0.3) is 0 Å². The first-order valence-corrected chi connectivity index (χ1v) is 3.85. The van der Waals surface area contributed by atoms with Gasteiger partial charge in [0.05, 0.1) is 6.61 Å². The topological polar surface area (TPSA) is 165 Å². The van der Waals surface area contributed by atoms with Crippen molar-refractivity contribution in [2.24, 2.45) is 0 Å². The van der Waals surface area contributed by atoms with E-state index in [9.17, 15) is 4.79 Å². The van der Waals surface area contributed by atoms with Crippen LogP contribution in [0.1, 0.15) is 0 Å². The maximum absolute atomic E-state index is 10.5. The molecule has 0 saturated carbocycles. The molecule has 1 rings (SSSR count). The molecule has 1 heterocycles. The number of aliphatic hydroxyl groups is 4. The van der Waals surface area contributed by atoms with Gasteiger partial charge in [-0.1, -0.05) is 0 Å². The van der Waals surface area contributed by atoms with Crippen LogP contribution < -0.4 is 0 Å². The van der Waals surface area contributed by atoms with E-state index in [1.807, 2.05) is 0 Å². The molecule has 0 unspecified atom stereocenters. The highest BCUT2D eigenvalue weighted by Gasteiger charge is 2.38. The Morgan fingerprint density at radius 1 is 1.38 bits per heavy atom. The highest BCUT2D eigenvalue weighted by molar-refractivity contribution is 5.89. The van der Waals surface area contributed by atoms with Crippen molar-refractivity contribution in [3.8, 4) is 0 Å². The quantitative estimate of drug-likeness (QED) is 0.324. The number of aliphatic hydroxyl groups excluding tert-OH is 4. The average Bonchev–Trinajstić information content (AvgIpc) is 2.44. The minimum atomic E-state index is -1.83. The summed E-state index contributed by atoms with van der Waals surface area (Å²) in [6.07, 6.45) is -4.61. The van der Waals surface area contributed by atoms with Gasteiger partial charge in [0.15, 0.2) is 11.9 Å². The number of hydrogen-bond acceptors (Lipinski definition) is 7. The van der Waals surface area contributed by atoms with Gasteiger partial charge in [0, 0.05) is 0 Å². The van der Waals surface area contributed by atoms with Crippen LogP contribution >= 0.6 is 0 Å². The summed E-state index contributed by atoms with van der Waals surface area (Å²) >= 11 is 0. The van der Waals surface area contributed by atoms with Crippen molar-refractivity contribution in [1.29, 1.82) is 0 Å². The molecule has 2 atom stereocenters. The number of carboxylic acid groups (broad SMARTS) is 2. The minimum absolute atomic E-state index is 0.671. The Morgan fingerprint density at radius 3 is 2.06 bits per heavy atom. The molecule has 16 heavy (non-hydrogen) atoms. The molecule has 0 aromatic heterocycles. The molecule has 0 saturated heterocycles. The molecular formula is C7H10O9. The Bertz CT molecular complexity index is 303. The van der Waals surface area contributed by atoms with Gasteiger partial charge in [-0.25, -0.2) is 9.59 Å². The number of carbonyl (C=O) groups is 2. The molecular weight excluding hydrogens is 228 g/mol. The zero-order valence-electron chi connectivity index (χ0n) is 7.77. The first-order valence-electron chi connectivity index (χ1n) is 3.85. The number of cyclic esters (lactones) is 1. The van der Waals surface area contributed by atoms with Gasteiger partial charge in [-0.15, -0.1) is 0 Å². The molecule has 0 amide bonds. The van der Waals surface area contributed by atoms with E-state index in [-0.39, 0.29) is 0 Å². The molecule has 0 bridgehead atoms. The van der Waals surface area contributed by atoms with E-state index in [2.05, 4.69) is 4.74 Å². The second-order valence-corrected chi connectivity index (χ2v) is 2.59. The molecule has 1 aliphatic heterocycles. The molecule has 0 aromatic rings. The zero-order chi connectivity index (χ0) is 12.9. The summed E-state index contributed by atoms with van der Waals surface area (Å²) in [6.45, 7) is -0.671. The molecule has 9 heteroatoms. The fourth-order valence-corrected chi connectivity index (χ4v) is 0.823. The summed E-state index contributed by atoms with van der Waals surface area (Å²) in [5.41, 5.74) is 0. The van der Waals surface area contributed by atoms with Gasteiger partial charge in [0.2, 0.25) is 5.76 Å². The van der Waals surface area contributed by atoms with Gasteiger partial charge in [-0.3, -0.25) is 0 Å². The SMILES string of the molecule is O=C(O)O.O=C1O[C@H]([C@@H](O)CO)C(O)=C1O. The van der Waals surface area contributed by atoms with Gasteiger partial charge in [0.1, 0.15) is 6.10 Å². The Kier molecular flexibility index (Phi) is 5.06. The summed E-state index contributed by atoms with van der Waals surface area (Å²) in [7, 11) is 0. The maximum atomic E-state index is 10.5. The van der Waals surface area contributed by atoms with Crippen molar-refractivity contribution in [3.63, 3.8) is 0 Å². The lowest BCUT2D eigenvalue weighted by molar-refractivity contribution is -0.147. The second-order valence-electron chi connectivity index (χ2n) is 2.59. The van der Waals surface area contributed by atoms with Crippen LogP contribution in [0.2, 0.25) is 0 Å². The molecule has 0 spiro atoms. The molecule has 0 fully saturated rings. The first-order chi connectivity index (χ1) is 7.31. The number of rotatable bonds is 2. The van der Waals surface area contributed by atoms with Crippen LogP contribution in [0.3, 0.4) is 0 Å². The molecule has 0 aromatic carbocycles. The van der Waals surface area contributed by atoms with Crippen LogP contribution in [0.15, 0.2) is 11.5 Å². The van der Waals surface area contributed by atoms with E-state index in [1.54, 1.807) is 0 Å². The molecule has 92 valence electrons. The molecule has 1 aliphatic rings. The van der Waals surface area contributed by atoms with Crippen LogP contribution in [-0.4, -0.2) is 61.6 Å². The van der Waals surface area contributed by atoms with E-state index in [4.69, 9.17) is 35.4 Å². The lowest BCUT2D eigenvalue weighted by Crippen LogP contribution is -2.31. The van der Waals surface area contributed by atoms with Crippen LogP contribution in [0, 0.1) is 0 Å². The maximum Gasteiger partial charge on any atom is 0.503 e. The Hall–Kier alpha value is -2.00. The van der Waals surface area contributed by atoms with Crippen LogP contribution in [-0.2, 0) is 9.53 Å². The summed E-state index contributed by atoms with van der Waals surface area (Å²) in [5.74, 6) is -2.78. The predicted molar refractivity (Wildman–Crippen MR) is 45.9 cm³/mol. The van der Waals surface area contributed by atoms with E-state index in [0.29, 0.717) is 0 Å². The summed E-state index contributed by atoms with van der Waals surface area (Å²) < 4.78 is 4.32. The normalized spacial score (nSPS) is 20.9. The standard InChI is InChI=1S/C6H8O6.CH2O3/c7-1-2(8)5-3(9)4(10)6(11)12-5;2-1(3)4/h2,5,7-10H,1H2;(H2,2,3,4)/t2-,5+;/m0./s1. The van der Waals surface area contributed by atoms with E-state index in [0.717, 1.165) is 0 Å². The Balaban J connectivity index is 0.000000487. The third-order valence-electron chi connectivity index (χ3n) is 1.48. The number of hydrogen-bond donors (Lipinski definition) is 6. The van der Waals surface area contributed by atoms with Gasteiger partial charge in [-0.05, 0) is 0 Å². The molecule has 6 N–H and O–H groups in total. The van der Waals surface area contributed by atoms with Gasteiger partial charge in [-0.2, -0.15) is 0 Å². The fourth-order valence-electron chi connectivity index (χ4n) is 0.823. The van der Waals surface area contributed by atoms with Crippen molar-refractivity contribution >= 4 is 12.1 Å². The monoisotopic (exact) mass is 238 g/mol. The smallest absolute Gasteiger partial charge is 0.503 e. The van der Waals surface area contributed by atoms with Crippen molar-refractivity contribution in [2.45, 2.75) is 12.2 Å². The number of ether oxygens (including phenoxy) is 1. The summed E-state index contributed by atoms with van der Waals surface area (Å²) in [5, 5.41) is 49.0. The van der Waals surface area contributed by atoms with Gasteiger partial charge < -0.3 is 35.4 Å². The Morgan fingerprint density at radius 2 is 1.81 bits per heavy atom. The lowest BCUT2D eigenvalue weighted by atomic mass is 10.2. The number of carbonyl (C=O) groups excluding carboxylic acids is 1. The second kappa shape index (κ2) is 5.78. The molecule has 9 nitrogen and oxygen atoms in total. The third-order valence-corrected chi connectivity index (χ3v) is 1.48. The van der Waals surface area contributed by atoms with Crippen LogP contribution in [0.4, 0.5) is 4.79 Å². The molecule has 0 aliphatic carbocycles. The van der Waals surface area contributed by atoms with Crippen molar-refractivity contribution in [3.05, 3.63) is 11.5 Å². The Labute approximate surface area is 88.4 Å². The van der Waals surface area contributed by atoms with E-state index in [1.165, 1.54) is 0 Å². The zero-order valence-corrected chi connectivity index (χ0v) is 7.77. The van der Waals surface area contributed by atoms with Crippen LogP contribution in [0.5, 0.6) is 0 Å². The lowest BCUT2D eigenvalue weighted by Gasteiger charge is -2.13. The summed E-state index contributed by atoms with van der Waals surface area (Å²) in [4.78, 5) is 19.1. The number of esters is 1. The van der Waals surface area contributed by atoms with Crippen molar-refractivity contribution < 1.29 is 45.0 Å². The average molecular weight is 238 g/mol. The first kappa shape index (κ1) is 14.0. The largest absolute Gasteiger partial charge is 0.505 e.